The van der Waals surface area contributed by atoms with Gasteiger partial charge in [0.25, 0.3) is 0 Å². The molecular weight excluding hydrogens is 416 g/mol. The van der Waals surface area contributed by atoms with Crippen molar-refractivity contribution in [1.29, 1.82) is 0 Å². The Labute approximate surface area is 186 Å². The zero-order valence-corrected chi connectivity index (χ0v) is 18.7. The molecule has 172 valence electrons. The highest BCUT2D eigenvalue weighted by molar-refractivity contribution is 5.81. The van der Waals surface area contributed by atoms with Crippen LogP contribution in [0, 0.1) is 0 Å². The lowest BCUT2D eigenvalue weighted by molar-refractivity contribution is -0.154. The standard InChI is InChI=1S/C11H12N2O2.C6H6N2O.C5H10O3/c1-14-11(15-2)9-6-5-8-4-3-7-12-10(8)13-9;7-6-5(4-9)2-1-3-8-6;1-4(6)5(7-2)8-3/h3-7,11H,1-2H3;1-4H,(H2,7,8);5H,1-3H3. The molecule has 2 N–H and O–H groups in total. The van der Waals surface area contributed by atoms with Gasteiger partial charge in [0.05, 0.1) is 11.3 Å². The predicted molar refractivity (Wildman–Crippen MR) is 119 cm³/mol. The fraction of sp³-hybridized carbons (Fsp3) is 0.318. The topological polar surface area (TPSA) is 136 Å². The molecule has 3 rings (SSSR count). The zero-order valence-electron chi connectivity index (χ0n) is 18.7. The third-order valence-corrected chi connectivity index (χ3v) is 3.91. The number of anilines is 1. The number of pyridine rings is 3. The van der Waals surface area contributed by atoms with Gasteiger partial charge >= 0.3 is 0 Å². The summed E-state index contributed by atoms with van der Waals surface area (Å²) in [6.45, 7) is 1.41. The van der Waals surface area contributed by atoms with Crippen molar-refractivity contribution in [3.05, 3.63) is 60.0 Å². The molecule has 0 aliphatic carbocycles. The number of hydrogen-bond donors (Lipinski definition) is 1. The molecule has 0 unspecified atom stereocenters. The maximum atomic E-state index is 10.4. The van der Waals surface area contributed by atoms with E-state index >= 15 is 0 Å². The lowest BCUT2D eigenvalue weighted by Gasteiger charge is -2.12. The molecule has 0 aromatic carbocycles. The van der Waals surface area contributed by atoms with Crippen LogP contribution in [0.2, 0.25) is 0 Å². The van der Waals surface area contributed by atoms with E-state index in [2.05, 4.69) is 24.4 Å². The number of Topliss-reactive ketones (excluding diaryl/α,β-unsaturated/α-hetero) is 1. The Kier molecular flexibility index (Phi) is 12.2. The van der Waals surface area contributed by atoms with Crippen molar-refractivity contribution in [2.75, 3.05) is 34.2 Å². The minimum atomic E-state index is -0.685. The van der Waals surface area contributed by atoms with E-state index in [9.17, 15) is 9.59 Å². The normalized spacial score (nSPS) is 10.2. The van der Waals surface area contributed by atoms with E-state index < -0.39 is 12.6 Å². The zero-order chi connectivity index (χ0) is 23.9. The molecule has 3 heterocycles. The molecule has 0 amide bonds. The van der Waals surface area contributed by atoms with Gasteiger partial charge in [0.2, 0.25) is 12.6 Å². The van der Waals surface area contributed by atoms with Crippen LogP contribution in [0.1, 0.15) is 29.3 Å². The van der Waals surface area contributed by atoms with Crippen molar-refractivity contribution in [2.24, 2.45) is 0 Å². The molecule has 0 bridgehead atoms. The molecule has 0 saturated carbocycles. The van der Waals surface area contributed by atoms with E-state index in [1.165, 1.54) is 21.1 Å². The first-order valence-corrected chi connectivity index (χ1v) is 9.40. The number of aromatic nitrogens is 3. The highest BCUT2D eigenvalue weighted by atomic mass is 16.7. The summed E-state index contributed by atoms with van der Waals surface area (Å²) < 4.78 is 19.4. The van der Waals surface area contributed by atoms with Crippen molar-refractivity contribution in [1.82, 2.24) is 15.0 Å². The molecular formula is C22H28N4O6. The second-order valence-electron chi connectivity index (χ2n) is 6.10. The molecule has 3 aromatic heterocycles. The summed E-state index contributed by atoms with van der Waals surface area (Å²) in [5.74, 6) is 0.169. The van der Waals surface area contributed by atoms with Gasteiger partial charge in [0.15, 0.2) is 17.7 Å². The average Bonchev–Trinajstić information content (AvgIpc) is 2.81. The number of rotatable bonds is 7. The molecule has 0 spiro atoms. The number of nitrogens with zero attached hydrogens (tertiary/aromatic N) is 3. The van der Waals surface area contributed by atoms with E-state index in [1.54, 1.807) is 38.7 Å². The van der Waals surface area contributed by atoms with Crippen LogP contribution in [-0.2, 0) is 23.7 Å². The summed E-state index contributed by atoms with van der Waals surface area (Å²) in [4.78, 5) is 32.7. The molecule has 0 radical (unpaired) electrons. The van der Waals surface area contributed by atoms with Gasteiger partial charge in [-0.2, -0.15) is 0 Å². The average molecular weight is 444 g/mol. The summed E-state index contributed by atoms with van der Waals surface area (Å²) in [6, 6.07) is 11.0. The second-order valence-corrected chi connectivity index (χ2v) is 6.10. The van der Waals surface area contributed by atoms with Crippen molar-refractivity contribution < 1.29 is 28.5 Å². The lowest BCUT2D eigenvalue weighted by atomic mass is 10.2. The molecule has 0 saturated heterocycles. The van der Waals surface area contributed by atoms with Crippen LogP contribution in [0.15, 0.2) is 48.8 Å². The van der Waals surface area contributed by atoms with Crippen LogP contribution in [0.4, 0.5) is 5.82 Å². The third kappa shape index (κ3) is 8.44. The molecule has 3 aromatic rings. The largest absolute Gasteiger partial charge is 0.383 e. The van der Waals surface area contributed by atoms with E-state index in [-0.39, 0.29) is 11.6 Å². The van der Waals surface area contributed by atoms with Gasteiger partial charge in [-0.25, -0.2) is 15.0 Å². The number of fused-ring (bicyclic) bond motifs is 1. The number of nitrogens with two attached hydrogens (primary N) is 1. The van der Waals surface area contributed by atoms with E-state index in [1.807, 2.05) is 24.3 Å². The first kappa shape index (κ1) is 26.7. The van der Waals surface area contributed by atoms with Gasteiger partial charge in [0, 0.05) is 46.2 Å². The van der Waals surface area contributed by atoms with Crippen LogP contribution in [0.25, 0.3) is 11.0 Å². The molecule has 0 aliphatic rings. The maximum absolute atomic E-state index is 10.4. The first-order valence-electron chi connectivity index (χ1n) is 9.40. The number of carbonyl (C=O) groups excluding carboxylic acids is 2. The quantitative estimate of drug-likeness (QED) is 0.428. The molecule has 0 aliphatic heterocycles. The second kappa shape index (κ2) is 14.7. The van der Waals surface area contributed by atoms with Crippen molar-refractivity contribution in [2.45, 2.75) is 19.5 Å². The van der Waals surface area contributed by atoms with Gasteiger partial charge in [0.1, 0.15) is 5.82 Å². The Bertz CT molecular complexity index is 977. The number of hydrogen-bond acceptors (Lipinski definition) is 10. The van der Waals surface area contributed by atoms with Crippen LogP contribution in [-0.4, -0.2) is 61.8 Å². The maximum Gasteiger partial charge on any atom is 0.216 e. The summed E-state index contributed by atoms with van der Waals surface area (Å²) in [5, 5.41) is 1.01. The smallest absolute Gasteiger partial charge is 0.216 e. The van der Waals surface area contributed by atoms with Crippen molar-refractivity contribution in [3.8, 4) is 0 Å². The molecule has 0 atom stereocenters. The van der Waals surface area contributed by atoms with E-state index in [4.69, 9.17) is 15.2 Å². The fourth-order valence-electron chi connectivity index (χ4n) is 2.39. The number of methoxy groups -OCH3 is 4. The highest BCUT2D eigenvalue weighted by Gasteiger charge is 2.11. The van der Waals surface area contributed by atoms with Gasteiger partial charge in [-0.3, -0.25) is 9.59 Å². The highest BCUT2D eigenvalue weighted by Crippen LogP contribution is 2.17. The van der Waals surface area contributed by atoms with Crippen LogP contribution < -0.4 is 5.73 Å². The number of ether oxygens (including phenoxy) is 4. The Morgan fingerprint density at radius 3 is 2.03 bits per heavy atom. The fourth-order valence-corrected chi connectivity index (χ4v) is 2.39. The third-order valence-electron chi connectivity index (χ3n) is 3.91. The Morgan fingerprint density at radius 2 is 1.56 bits per heavy atom. The monoisotopic (exact) mass is 444 g/mol. The van der Waals surface area contributed by atoms with Gasteiger partial charge < -0.3 is 24.7 Å². The number of ketones is 1. The van der Waals surface area contributed by atoms with Crippen molar-refractivity contribution >= 4 is 28.9 Å². The van der Waals surface area contributed by atoms with Gasteiger partial charge in [-0.15, -0.1) is 0 Å². The van der Waals surface area contributed by atoms with Crippen molar-refractivity contribution in [3.63, 3.8) is 0 Å². The number of carbonyl (C=O) groups is 2. The SMILES string of the molecule is COC(OC)C(C)=O.COC(OC)c1ccc2cccnc2n1.Nc1ncccc1C=O. The van der Waals surface area contributed by atoms with Gasteiger partial charge in [-0.1, -0.05) is 0 Å². The minimum absolute atomic E-state index is 0.116. The lowest BCUT2D eigenvalue weighted by Crippen LogP contribution is -2.21. The Morgan fingerprint density at radius 1 is 0.938 bits per heavy atom. The van der Waals surface area contributed by atoms with Crippen LogP contribution in [0.5, 0.6) is 0 Å². The Balaban J connectivity index is 0.000000260. The molecule has 0 fully saturated rings. The summed E-state index contributed by atoms with van der Waals surface area (Å²) in [6.07, 6.45) is 2.82. The summed E-state index contributed by atoms with van der Waals surface area (Å²) in [5.41, 5.74) is 7.16. The van der Waals surface area contributed by atoms with Crippen LogP contribution >= 0.6 is 0 Å². The summed E-state index contributed by atoms with van der Waals surface area (Å²) in [7, 11) is 6.02. The Hall–Kier alpha value is -3.31. The summed E-state index contributed by atoms with van der Waals surface area (Å²) >= 11 is 0. The van der Waals surface area contributed by atoms with E-state index in [0.717, 1.165) is 11.1 Å². The number of nitrogen functional groups attached to an aromatic ring is 1. The molecule has 32 heavy (non-hydrogen) atoms. The number of aldehydes is 1. The van der Waals surface area contributed by atoms with Gasteiger partial charge in [-0.05, 0) is 43.3 Å². The van der Waals surface area contributed by atoms with Crippen LogP contribution in [0.3, 0.4) is 0 Å². The molecule has 10 nitrogen and oxygen atoms in total. The minimum Gasteiger partial charge on any atom is -0.383 e. The predicted octanol–water partition coefficient (Wildman–Crippen LogP) is 2.59. The molecule has 10 heteroatoms. The first-order chi connectivity index (χ1) is 15.4. The van der Waals surface area contributed by atoms with E-state index in [0.29, 0.717) is 17.5 Å².